The average molecular weight is 499 g/mol. The lowest BCUT2D eigenvalue weighted by atomic mass is 10.0. The van der Waals surface area contributed by atoms with Gasteiger partial charge in [0.1, 0.15) is 11.9 Å². The Morgan fingerprint density at radius 3 is 2.89 bits per heavy atom. The Balaban J connectivity index is 1.13. The number of nitrogens with one attached hydrogen (secondary N) is 1. The fourth-order valence-electron chi connectivity index (χ4n) is 5.47. The lowest BCUT2D eigenvalue weighted by Crippen LogP contribution is -2.46. The van der Waals surface area contributed by atoms with Crippen LogP contribution in [0.25, 0.3) is 22.2 Å². The van der Waals surface area contributed by atoms with Gasteiger partial charge in [-0.1, -0.05) is 6.07 Å². The van der Waals surface area contributed by atoms with Gasteiger partial charge in [0.05, 0.1) is 16.9 Å². The summed E-state index contributed by atoms with van der Waals surface area (Å²) in [4.78, 5) is 26.0. The Bertz CT molecular complexity index is 1390. The number of carbonyl (C=O) groups excluding carboxylic acids is 1. The van der Waals surface area contributed by atoms with Crippen LogP contribution in [-0.2, 0) is 11.3 Å². The van der Waals surface area contributed by atoms with Gasteiger partial charge in [0.15, 0.2) is 0 Å². The number of fused-ring (bicyclic) bond motifs is 3. The van der Waals surface area contributed by atoms with Crippen molar-refractivity contribution in [3.05, 3.63) is 66.6 Å². The molecule has 5 heterocycles. The maximum atomic E-state index is 12.4. The lowest BCUT2D eigenvalue weighted by molar-refractivity contribution is -0.140. The molecule has 4 aromatic rings. The number of carbonyl (C=O) groups is 1. The van der Waals surface area contributed by atoms with E-state index in [0.29, 0.717) is 30.1 Å². The van der Waals surface area contributed by atoms with Gasteiger partial charge in [-0.05, 0) is 62.1 Å². The monoisotopic (exact) mass is 498 g/mol. The van der Waals surface area contributed by atoms with Crippen molar-refractivity contribution in [1.29, 1.82) is 0 Å². The first-order valence-electron chi connectivity index (χ1n) is 12.8. The van der Waals surface area contributed by atoms with Gasteiger partial charge in [0.2, 0.25) is 5.88 Å². The van der Waals surface area contributed by atoms with Crippen LogP contribution in [0, 0.1) is 5.92 Å². The number of aliphatic hydroxyl groups is 1. The van der Waals surface area contributed by atoms with Crippen LogP contribution in [0.4, 0.5) is 0 Å². The molecule has 2 saturated heterocycles. The van der Waals surface area contributed by atoms with Crippen LogP contribution < -0.4 is 4.74 Å². The van der Waals surface area contributed by atoms with Crippen LogP contribution in [-0.4, -0.2) is 72.8 Å². The van der Waals surface area contributed by atoms with E-state index in [1.165, 1.54) is 0 Å². The second-order valence-corrected chi connectivity index (χ2v) is 10.0. The predicted molar refractivity (Wildman–Crippen MR) is 139 cm³/mol. The van der Waals surface area contributed by atoms with E-state index in [4.69, 9.17) is 9.72 Å². The highest BCUT2D eigenvalue weighted by Gasteiger charge is 2.37. The average Bonchev–Trinajstić information content (AvgIpc) is 3.51. The van der Waals surface area contributed by atoms with Crippen LogP contribution in [0.3, 0.4) is 0 Å². The zero-order valence-electron chi connectivity index (χ0n) is 20.7. The van der Waals surface area contributed by atoms with Gasteiger partial charge in [-0.25, -0.2) is 4.98 Å². The molecular formula is C28H30N6O3. The summed E-state index contributed by atoms with van der Waals surface area (Å²) >= 11 is 0. The SMILES string of the molecule is C[C@@H](O)C(=O)N1CCC2CC(C1)N(Cc1ccc3cc(Oc4ccc(-c5ccn[nH]5)cn4)ccc3n1)C2. The number of amides is 1. The minimum absolute atomic E-state index is 0.168. The molecule has 37 heavy (non-hydrogen) atoms. The van der Waals surface area contributed by atoms with E-state index >= 15 is 0 Å². The van der Waals surface area contributed by atoms with E-state index < -0.39 is 6.10 Å². The first-order valence-corrected chi connectivity index (χ1v) is 12.8. The molecule has 1 aromatic carbocycles. The van der Waals surface area contributed by atoms with Gasteiger partial charge < -0.3 is 14.7 Å². The van der Waals surface area contributed by atoms with Gasteiger partial charge in [0, 0.05) is 61.6 Å². The van der Waals surface area contributed by atoms with Crippen LogP contribution in [0.2, 0.25) is 0 Å². The number of aromatic nitrogens is 4. The van der Waals surface area contributed by atoms with Gasteiger partial charge in [-0.15, -0.1) is 0 Å². The third kappa shape index (κ3) is 5.05. The van der Waals surface area contributed by atoms with E-state index in [2.05, 4.69) is 32.2 Å². The summed E-state index contributed by atoms with van der Waals surface area (Å²) in [5.41, 5.74) is 3.78. The Hall–Kier alpha value is -3.82. The zero-order chi connectivity index (χ0) is 25.4. The Morgan fingerprint density at radius 1 is 1.19 bits per heavy atom. The van der Waals surface area contributed by atoms with Gasteiger partial charge in [-0.2, -0.15) is 5.10 Å². The Morgan fingerprint density at radius 2 is 2.11 bits per heavy atom. The summed E-state index contributed by atoms with van der Waals surface area (Å²) in [7, 11) is 0. The number of aliphatic hydroxyl groups excluding tert-OH is 1. The molecule has 2 N–H and O–H groups in total. The Kier molecular flexibility index (Phi) is 6.31. The Labute approximate surface area is 215 Å². The number of pyridine rings is 2. The fourth-order valence-corrected chi connectivity index (χ4v) is 5.47. The first kappa shape index (κ1) is 23.6. The van der Waals surface area contributed by atoms with Crippen molar-refractivity contribution in [3.63, 3.8) is 0 Å². The molecule has 190 valence electrons. The summed E-state index contributed by atoms with van der Waals surface area (Å²) in [5, 5.41) is 17.7. The van der Waals surface area contributed by atoms with Crippen molar-refractivity contribution >= 4 is 16.8 Å². The van der Waals surface area contributed by atoms with Crippen LogP contribution in [0.15, 0.2) is 60.9 Å². The number of hydrogen-bond acceptors (Lipinski definition) is 7. The highest BCUT2D eigenvalue weighted by atomic mass is 16.5. The summed E-state index contributed by atoms with van der Waals surface area (Å²) in [6, 6.07) is 16.0. The van der Waals surface area contributed by atoms with Gasteiger partial charge >= 0.3 is 0 Å². The van der Waals surface area contributed by atoms with Gasteiger partial charge in [-0.3, -0.25) is 19.8 Å². The van der Waals surface area contributed by atoms with Crippen molar-refractivity contribution in [2.45, 2.75) is 38.5 Å². The molecule has 2 aliphatic rings. The normalized spacial score (nSPS) is 20.6. The molecule has 9 nitrogen and oxygen atoms in total. The smallest absolute Gasteiger partial charge is 0.251 e. The number of nitrogens with zero attached hydrogens (tertiary/aromatic N) is 5. The van der Waals surface area contributed by atoms with Crippen molar-refractivity contribution < 1.29 is 14.6 Å². The molecular weight excluding hydrogens is 468 g/mol. The molecule has 0 aliphatic carbocycles. The number of ether oxygens (including phenoxy) is 1. The number of likely N-dealkylation sites (tertiary alicyclic amines) is 2. The van der Waals surface area contributed by atoms with E-state index in [9.17, 15) is 9.90 Å². The fraction of sp³-hybridized carbons (Fsp3) is 0.357. The van der Waals surface area contributed by atoms with E-state index in [1.807, 2.05) is 41.3 Å². The molecule has 1 amide bonds. The van der Waals surface area contributed by atoms with Crippen LogP contribution in [0.1, 0.15) is 25.5 Å². The number of hydrogen-bond donors (Lipinski definition) is 2. The minimum Gasteiger partial charge on any atom is -0.439 e. The van der Waals surface area contributed by atoms with Crippen molar-refractivity contribution in [3.8, 4) is 22.9 Å². The molecule has 3 atom stereocenters. The van der Waals surface area contributed by atoms with Crippen molar-refractivity contribution in [2.75, 3.05) is 19.6 Å². The highest BCUT2D eigenvalue weighted by molar-refractivity contribution is 5.81. The molecule has 2 unspecified atom stereocenters. The maximum Gasteiger partial charge on any atom is 0.251 e. The lowest BCUT2D eigenvalue weighted by Gasteiger charge is -2.32. The first-order chi connectivity index (χ1) is 18.0. The molecule has 6 rings (SSSR count). The quantitative estimate of drug-likeness (QED) is 0.418. The summed E-state index contributed by atoms with van der Waals surface area (Å²) in [6.07, 6.45) is 4.60. The minimum atomic E-state index is -0.946. The molecule has 2 fully saturated rings. The van der Waals surface area contributed by atoms with Crippen LogP contribution in [0.5, 0.6) is 11.6 Å². The second-order valence-electron chi connectivity index (χ2n) is 10.0. The third-order valence-corrected chi connectivity index (χ3v) is 7.38. The highest BCUT2D eigenvalue weighted by Crippen LogP contribution is 2.32. The summed E-state index contributed by atoms with van der Waals surface area (Å²) in [5.74, 6) is 1.64. The molecule has 9 heteroatoms. The van der Waals surface area contributed by atoms with Crippen molar-refractivity contribution in [1.82, 2.24) is 30.0 Å². The summed E-state index contributed by atoms with van der Waals surface area (Å²) in [6.45, 7) is 4.74. The maximum absolute atomic E-state index is 12.4. The number of benzene rings is 1. The molecule has 0 spiro atoms. The number of rotatable bonds is 6. The second kappa shape index (κ2) is 9.91. The largest absolute Gasteiger partial charge is 0.439 e. The topological polar surface area (TPSA) is 107 Å². The molecule has 2 bridgehead atoms. The molecule has 0 saturated carbocycles. The predicted octanol–water partition coefficient (Wildman–Crippen LogP) is 3.62. The third-order valence-electron chi connectivity index (χ3n) is 7.38. The molecule has 2 aliphatic heterocycles. The standard InChI is InChI=1S/C28H30N6O3/c1-18(35)28(36)33-11-9-19-12-23(17-33)34(15-19)16-22-4-2-20-13-24(5-6-25(20)31-22)37-27-7-3-21(14-29-27)26-8-10-30-32-26/h2-8,10,13-14,18-19,23,35H,9,11-12,15-17H2,1H3,(H,30,32)/t18-,19?,23?/m1/s1. The van der Waals surface area contributed by atoms with Crippen LogP contribution >= 0.6 is 0 Å². The van der Waals surface area contributed by atoms with Gasteiger partial charge in [0.25, 0.3) is 5.91 Å². The summed E-state index contributed by atoms with van der Waals surface area (Å²) < 4.78 is 5.98. The molecule has 3 aromatic heterocycles. The van der Waals surface area contributed by atoms with E-state index in [-0.39, 0.29) is 5.91 Å². The van der Waals surface area contributed by atoms with Crippen molar-refractivity contribution in [2.24, 2.45) is 5.92 Å². The number of aromatic amines is 1. The van der Waals surface area contributed by atoms with E-state index in [0.717, 1.165) is 60.3 Å². The number of H-pyrrole nitrogens is 1. The van der Waals surface area contributed by atoms with E-state index in [1.54, 1.807) is 19.3 Å². The zero-order valence-corrected chi connectivity index (χ0v) is 20.7. The molecule has 0 radical (unpaired) electrons.